The van der Waals surface area contributed by atoms with E-state index in [1.165, 1.54) is 0 Å². The molecule has 2 aromatic carbocycles. The molecule has 4 N–H and O–H groups in total. The van der Waals surface area contributed by atoms with E-state index in [0.29, 0.717) is 0 Å². The van der Waals surface area contributed by atoms with Crippen LogP contribution in [0.3, 0.4) is 0 Å². The van der Waals surface area contributed by atoms with E-state index < -0.39 is 55.6 Å². The molecule has 1 heterocycles. The number of hydrogen-bond donors (Lipinski definition) is 4. The number of rotatable bonds is 7. The molecule has 11 nitrogen and oxygen atoms in total. The fourth-order valence-corrected chi connectivity index (χ4v) is 4.34. The molecule has 0 saturated carbocycles. The van der Waals surface area contributed by atoms with Crippen LogP contribution in [0.15, 0.2) is 53.5 Å². The maximum absolute atomic E-state index is 12.7. The number of amides is 3. The first-order chi connectivity index (χ1) is 17.3. The van der Waals surface area contributed by atoms with Gasteiger partial charge < -0.3 is 24.8 Å². The minimum Gasteiger partial charge on any atom is -0.463 e. The molecule has 1 saturated heterocycles. The zero-order valence-corrected chi connectivity index (χ0v) is 19.5. The molecule has 11 heteroatoms. The minimum atomic E-state index is -1.45. The van der Waals surface area contributed by atoms with Crippen molar-refractivity contribution in [1.29, 1.82) is 0 Å². The zero-order valence-electron chi connectivity index (χ0n) is 19.5. The number of nitrogens with one attached hydrogen (secondary N) is 1. The highest BCUT2D eigenvalue weighted by molar-refractivity contribution is 5.99. The summed E-state index contributed by atoms with van der Waals surface area (Å²) in [6, 6.07) is 14.8. The molecule has 36 heavy (non-hydrogen) atoms. The average molecular weight is 498 g/mol. The number of aliphatic hydroxyl groups excluding tert-OH is 3. The van der Waals surface area contributed by atoms with Gasteiger partial charge in [0.25, 0.3) is 0 Å². The fraction of sp³-hybridized carbons (Fsp3) is 0.360. The van der Waals surface area contributed by atoms with E-state index >= 15 is 0 Å². The highest BCUT2D eigenvalue weighted by Gasteiger charge is 2.42. The lowest BCUT2D eigenvalue weighted by Gasteiger charge is -2.19. The molecule has 1 aliphatic heterocycles. The molecule has 3 amide bonds. The van der Waals surface area contributed by atoms with Crippen molar-refractivity contribution >= 4 is 24.2 Å². The molecule has 0 bridgehead atoms. The number of esters is 1. The SMILES string of the molecule is CC(=O)NC(=O)N(/C=N/[C@@H]1O[C@H](CO)C(O)[C@@H]1O)CC(=O)OCC1c2ccccc2-c2ccccc21. The van der Waals surface area contributed by atoms with Crippen LogP contribution in [0.2, 0.25) is 0 Å². The van der Waals surface area contributed by atoms with Gasteiger partial charge in [-0.05, 0) is 22.3 Å². The average Bonchev–Trinajstić information content (AvgIpc) is 3.33. The quantitative estimate of drug-likeness (QED) is 0.243. The number of urea groups is 1. The second kappa shape index (κ2) is 11.0. The number of carbonyl (C=O) groups excluding carboxylic acids is 3. The Morgan fingerprint density at radius 3 is 2.22 bits per heavy atom. The third kappa shape index (κ3) is 5.29. The Kier molecular flexibility index (Phi) is 7.75. The van der Waals surface area contributed by atoms with Crippen LogP contribution in [0.25, 0.3) is 11.1 Å². The van der Waals surface area contributed by atoms with E-state index in [1.807, 2.05) is 53.8 Å². The van der Waals surface area contributed by atoms with Crippen LogP contribution in [0.4, 0.5) is 4.79 Å². The predicted molar refractivity (Wildman–Crippen MR) is 127 cm³/mol. The number of fused-ring (bicyclic) bond motifs is 3. The van der Waals surface area contributed by atoms with Crippen LogP contribution in [0.1, 0.15) is 24.0 Å². The molecule has 2 aromatic rings. The largest absolute Gasteiger partial charge is 0.463 e. The summed E-state index contributed by atoms with van der Waals surface area (Å²) in [5.41, 5.74) is 4.21. The van der Waals surface area contributed by atoms with Crippen molar-refractivity contribution in [2.24, 2.45) is 4.99 Å². The number of nitrogens with zero attached hydrogens (tertiary/aromatic N) is 2. The molecule has 190 valence electrons. The smallest absolute Gasteiger partial charge is 0.329 e. The lowest BCUT2D eigenvalue weighted by Crippen LogP contribution is -2.44. The van der Waals surface area contributed by atoms with E-state index in [1.54, 1.807) is 0 Å². The Morgan fingerprint density at radius 2 is 1.67 bits per heavy atom. The number of imide groups is 1. The van der Waals surface area contributed by atoms with E-state index in [2.05, 4.69) is 4.99 Å². The Labute approximate surface area is 207 Å². The maximum Gasteiger partial charge on any atom is 0.329 e. The van der Waals surface area contributed by atoms with E-state index in [0.717, 1.165) is 40.4 Å². The Balaban J connectivity index is 1.44. The van der Waals surface area contributed by atoms with Crippen molar-refractivity contribution in [2.45, 2.75) is 37.4 Å². The van der Waals surface area contributed by atoms with Gasteiger partial charge in [0.1, 0.15) is 31.5 Å². The molecule has 1 fully saturated rings. The number of ether oxygens (including phenoxy) is 2. The topological polar surface area (TPSA) is 158 Å². The first-order valence-electron chi connectivity index (χ1n) is 11.4. The molecule has 1 aliphatic carbocycles. The van der Waals surface area contributed by atoms with Crippen molar-refractivity contribution in [2.75, 3.05) is 19.8 Å². The zero-order chi connectivity index (χ0) is 25.8. The summed E-state index contributed by atoms with van der Waals surface area (Å²) in [6.45, 7) is 0.0551. The van der Waals surface area contributed by atoms with Gasteiger partial charge >= 0.3 is 12.0 Å². The number of hydrogen-bond acceptors (Lipinski definition) is 9. The summed E-state index contributed by atoms with van der Waals surface area (Å²) in [5.74, 6) is -1.57. The van der Waals surface area contributed by atoms with Crippen LogP contribution in [0.5, 0.6) is 0 Å². The third-order valence-corrected chi connectivity index (χ3v) is 6.09. The summed E-state index contributed by atoms with van der Waals surface area (Å²) in [4.78, 5) is 41.2. The second-order valence-electron chi connectivity index (χ2n) is 8.52. The van der Waals surface area contributed by atoms with Gasteiger partial charge in [-0.25, -0.2) is 9.79 Å². The molecule has 2 aliphatic rings. The normalized spacial score (nSPS) is 22.8. The first kappa shape index (κ1) is 25.5. The van der Waals surface area contributed by atoms with Gasteiger partial charge in [-0.15, -0.1) is 0 Å². The minimum absolute atomic E-state index is 0.0427. The highest BCUT2D eigenvalue weighted by Crippen LogP contribution is 2.44. The standard InChI is InChI=1S/C25H27N3O8/c1-14(30)27-25(34)28(13-26-24-23(33)22(32)20(11-29)36-24)10-21(31)35-12-19-17-8-4-2-6-15(17)16-7-3-5-9-18(16)19/h2-9,13,19-20,22-24,29,32-33H,10-12H2,1H3,(H,27,30,34)/b26-13+/t20-,22?,23+,24-/m1/s1. The second-order valence-corrected chi connectivity index (χ2v) is 8.52. The van der Waals surface area contributed by atoms with Crippen LogP contribution in [-0.4, -0.2) is 88.8 Å². The lowest BCUT2D eigenvalue weighted by molar-refractivity contribution is -0.143. The van der Waals surface area contributed by atoms with Gasteiger partial charge in [0.2, 0.25) is 5.91 Å². The van der Waals surface area contributed by atoms with Gasteiger partial charge in [0.15, 0.2) is 6.23 Å². The van der Waals surface area contributed by atoms with Gasteiger partial charge in [-0.2, -0.15) is 0 Å². The molecular formula is C25H27N3O8. The molecular weight excluding hydrogens is 470 g/mol. The van der Waals surface area contributed by atoms with Crippen LogP contribution >= 0.6 is 0 Å². The summed E-state index contributed by atoms with van der Waals surface area (Å²) in [5, 5.41) is 31.1. The van der Waals surface area contributed by atoms with E-state index in [4.69, 9.17) is 9.47 Å². The number of carbonyl (C=O) groups is 3. The Bertz CT molecular complexity index is 1120. The van der Waals surface area contributed by atoms with Crippen molar-refractivity contribution in [3.05, 3.63) is 59.7 Å². The fourth-order valence-electron chi connectivity index (χ4n) is 4.34. The molecule has 4 rings (SSSR count). The number of aliphatic hydroxyl groups is 3. The van der Waals surface area contributed by atoms with E-state index in [-0.39, 0.29) is 12.5 Å². The summed E-state index contributed by atoms with van der Waals surface area (Å²) >= 11 is 0. The van der Waals surface area contributed by atoms with Crippen LogP contribution in [-0.2, 0) is 19.1 Å². The van der Waals surface area contributed by atoms with Crippen LogP contribution < -0.4 is 5.32 Å². The van der Waals surface area contributed by atoms with Crippen molar-refractivity contribution < 1.29 is 39.2 Å². The molecule has 0 aromatic heterocycles. The lowest BCUT2D eigenvalue weighted by atomic mass is 9.98. The predicted octanol–water partition coefficient (Wildman–Crippen LogP) is 0.368. The number of benzene rings is 2. The van der Waals surface area contributed by atoms with Crippen LogP contribution in [0, 0.1) is 0 Å². The van der Waals surface area contributed by atoms with Gasteiger partial charge in [-0.3, -0.25) is 19.8 Å². The van der Waals surface area contributed by atoms with E-state index in [9.17, 15) is 29.7 Å². The maximum atomic E-state index is 12.7. The van der Waals surface area contributed by atoms with Gasteiger partial charge in [0, 0.05) is 12.8 Å². The molecule has 1 unspecified atom stereocenters. The van der Waals surface area contributed by atoms with Gasteiger partial charge in [-0.1, -0.05) is 48.5 Å². The summed E-state index contributed by atoms with van der Waals surface area (Å²) in [6.07, 6.45) is -4.25. The van der Waals surface area contributed by atoms with Gasteiger partial charge in [0.05, 0.1) is 12.9 Å². The molecule has 0 spiro atoms. The summed E-state index contributed by atoms with van der Waals surface area (Å²) < 4.78 is 10.8. The first-order valence-corrected chi connectivity index (χ1v) is 11.4. The third-order valence-electron chi connectivity index (χ3n) is 6.09. The summed E-state index contributed by atoms with van der Waals surface area (Å²) in [7, 11) is 0. The highest BCUT2D eigenvalue weighted by atomic mass is 16.6. The Hall–Kier alpha value is -3.64. The van der Waals surface area contributed by atoms with Crippen molar-refractivity contribution in [3.63, 3.8) is 0 Å². The van der Waals surface area contributed by atoms with Crippen molar-refractivity contribution in [1.82, 2.24) is 10.2 Å². The molecule has 0 radical (unpaired) electrons. The Morgan fingerprint density at radius 1 is 1.06 bits per heavy atom. The monoisotopic (exact) mass is 497 g/mol. The number of aliphatic imine (C=N–C) groups is 1. The van der Waals surface area contributed by atoms with Crippen molar-refractivity contribution in [3.8, 4) is 11.1 Å². The molecule has 4 atom stereocenters.